The number of rotatable bonds is 5. The number of carbonyl (C=O) groups is 1. The third kappa shape index (κ3) is 5.56. The Kier molecular flexibility index (Phi) is 7.63. The topological polar surface area (TPSA) is 75.3 Å². The zero-order chi connectivity index (χ0) is 19.4. The van der Waals surface area contributed by atoms with E-state index in [-0.39, 0.29) is 35.2 Å². The summed E-state index contributed by atoms with van der Waals surface area (Å²) in [5.74, 6) is -0.0208. The van der Waals surface area contributed by atoms with Gasteiger partial charge in [0.25, 0.3) is 0 Å². The molecule has 1 aliphatic heterocycles. The first-order valence-electron chi connectivity index (χ1n) is 9.23. The monoisotopic (exact) mass is 422 g/mol. The van der Waals surface area contributed by atoms with Gasteiger partial charge in [0, 0.05) is 18.2 Å². The van der Waals surface area contributed by atoms with E-state index in [9.17, 15) is 13.2 Å². The van der Waals surface area contributed by atoms with E-state index < -0.39 is 9.84 Å². The van der Waals surface area contributed by atoms with Gasteiger partial charge in [-0.3, -0.25) is 4.79 Å². The molecule has 0 radical (unpaired) electrons. The first-order valence-corrected chi connectivity index (χ1v) is 11.1. The summed E-state index contributed by atoms with van der Waals surface area (Å²) in [7, 11) is -3.32. The molecule has 7 heteroatoms. The van der Waals surface area contributed by atoms with Gasteiger partial charge < -0.3 is 10.6 Å². The van der Waals surface area contributed by atoms with E-state index in [1.54, 1.807) is 18.2 Å². The molecule has 1 amide bonds. The van der Waals surface area contributed by atoms with E-state index >= 15 is 0 Å². The maximum Gasteiger partial charge on any atom is 0.223 e. The summed E-state index contributed by atoms with van der Waals surface area (Å²) >= 11 is 0. The van der Waals surface area contributed by atoms with Gasteiger partial charge in [0.1, 0.15) is 0 Å². The van der Waals surface area contributed by atoms with Crippen LogP contribution in [0.3, 0.4) is 0 Å². The number of halogens is 1. The van der Waals surface area contributed by atoms with Crippen molar-refractivity contribution in [3.05, 3.63) is 65.7 Å². The van der Waals surface area contributed by atoms with Gasteiger partial charge in [-0.2, -0.15) is 0 Å². The molecule has 0 spiro atoms. The van der Waals surface area contributed by atoms with E-state index in [0.717, 1.165) is 30.5 Å². The molecule has 2 N–H and O–H groups in total. The Labute approximate surface area is 173 Å². The lowest BCUT2D eigenvalue weighted by molar-refractivity contribution is -0.126. The maximum absolute atomic E-state index is 12.9. The summed E-state index contributed by atoms with van der Waals surface area (Å²) in [5.41, 5.74) is 1.69. The molecule has 5 nitrogen and oxygen atoms in total. The minimum absolute atomic E-state index is 0. The van der Waals surface area contributed by atoms with Crippen molar-refractivity contribution < 1.29 is 13.2 Å². The normalized spacial score (nSPS) is 20.6. The van der Waals surface area contributed by atoms with Gasteiger partial charge in [0.05, 0.1) is 10.9 Å². The highest BCUT2D eigenvalue weighted by Gasteiger charge is 2.27. The predicted octanol–water partition coefficient (Wildman–Crippen LogP) is 3.11. The largest absolute Gasteiger partial charge is 0.345 e. The van der Waals surface area contributed by atoms with Crippen LogP contribution in [-0.2, 0) is 14.6 Å². The van der Waals surface area contributed by atoms with Crippen LogP contribution in [-0.4, -0.2) is 33.2 Å². The summed E-state index contributed by atoms with van der Waals surface area (Å²) in [5, 5.41) is 6.52. The van der Waals surface area contributed by atoms with Crippen LogP contribution < -0.4 is 10.6 Å². The smallest absolute Gasteiger partial charge is 0.223 e. The van der Waals surface area contributed by atoms with Crippen LogP contribution in [0.4, 0.5) is 0 Å². The van der Waals surface area contributed by atoms with Crippen LogP contribution in [0.1, 0.15) is 36.9 Å². The highest BCUT2D eigenvalue weighted by atomic mass is 35.5. The molecular weight excluding hydrogens is 396 g/mol. The second kappa shape index (κ2) is 9.54. The molecule has 0 aromatic heterocycles. The lowest BCUT2D eigenvalue weighted by atomic mass is 9.91. The highest BCUT2D eigenvalue weighted by molar-refractivity contribution is 7.90. The molecule has 1 aliphatic rings. The van der Waals surface area contributed by atoms with Crippen LogP contribution >= 0.6 is 12.4 Å². The Morgan fingerprint density at radius 3 is 2.43 bits per heavy atom. The first-order chi connectivity index (χ1) is 12.8. The van der Waals surface area contributed by atoms with Crippen LogP contribution in [0.5, 0.6) is 0 Å². The Morgan fingerprint density at radius 1 is 1.11 bits per heavy atom. The van der Waals surface area contributed by atoms with Crippen molar-refractivity contribution in [1.29, 1.82) is 0 Å². The molecule has 0 aliphatic carbocycles. The zero-order valence-corrected chi connectivity index (χ0v) is 17.7. The summed E-state index contributed by atoms with van der Waals surface area (Å²) in [4.78, 5) is 13.2. The minimum Gasteiger partial charge on any atom is -0.345 e. The first kappa shape index (κ1) is 22.4. The van der Waals surface area contributed by atoms with Crippen molar-refractivity contribution >= 4 is 28.2 Å². The van der Waals surface area contributed by atoms with Crippen molar-refractivity contribution in [2.24, 2.45) is 5.92 Å². The number of benzene rings is 2. The number of amides is 1. The molecule has 1 saturated heterocycles. The van der Waals surface area contributed by atoms with E-state index in [0.29, 0.717) is 6.04 Å². The van der Waals surface area contributed by atoms with Gasteiger partial charge in [-0.1, -0.05) is 42.5 Å². The number of piperidine rings is 1. The van der Waals surface area contributed by atoms with Gasteiger partial charge >= 0.3 is 0 Å². The van der Waals surface area contributed by atoms with Crippen LogP contribution in [0, 0.1) is 5.92 Å². The Morgan fingerprint density at radius 2 is 1.79 bits per heavy atom. The van der Waals surface area contributed by atoms with Gasteiger partial charge in [0.2, 0.25) is 5.91 Å². The van der Waals surface area contributed by atoms with Gasteiger partial charge in [-0.05, 0) is 49.6 Å². The molecule has 1 heterocycles. The molecular formula is C21H27ClN2O3S. The van der Waals surface area contributed by atoms with E-state index in [1.165, 1.54) is 6.26 Å². The molecule has 0 saturated carbocycles. The fourth-order valence-corrected chi connectivity index (χ4v) is 4.24. The summed E-state index contributed by atoms with van der Waals surface area (Å²) < 4.78 is 23.9. The highest BCUT2D eigenvalue weighted by Crippen LogP contribution is 2.26. The molecule has 2 aromatic carbocycles. The summed E-state index contributed by atoms with van der Waals surface area (Å²) in [6.07, 6.45) is 2.80. The van der Waals surface area contributed by atoms with E-state index in [2.05, 4.69) is 17.6 Å². The average molecular weight is 423 g/mol. The molecule has 28 heavy (non-hydrogen) atoms. The number of sulfone groups is 1. The quantitative estimate of drug-likeness (QED) is 0.776. The van der Waals surface area contributed by atoms with Gasteiger partial charge in [-0.15, -0.1) is 12.4 Å². The molecule has 3 atom stereocenters. The number of nitrogens with one attached hydrogen (secondary N) is 2. The fraction of sp³-hybridized carbons (Fsp3) is 0.381. The molecule has 1 fully saturated rings. The number of hydrogen-bond acceptors (Lipinski definition) is 4. The third-order valence-electron chi connectivity index (χ3n) is 5.03. The Hall–Kier alpha value is -1.89. The number of hydrogen-bond donors (Lipinski definition) is 2. The fourth-order valence-electron chi connectivity index (χ4n) is 3.56. The molecule has 0 bridgehead atoms. The van der Waals surface area contributed by atoms with Crippen LogP contribution in [0.25, 0.3) is 0 Å². The second-order valence-electron chi connectivity index (χ2n) is 7.27. The standard InChI is InChI=1S/C21H26N2O3S.ClH/c1-15-13-18(11-12-22-15)21(24)23-20(16-7-4-3-5-8-16)17-9-6-10-19(14-17)27(2,25)26;/h3-10,14-15,18,20,22H,11-13H2,1-2H3,(H,23,24);1H/t15-,18-,20?;/m0./s1. The van der Waals surface area contributed by atoms with Crippen molar-refractivity contribution in [2.75, 3.05) is 12.8 Å². The predicted molar refractivity (Wildman–Crippen MR) is 113 cm³/mol. The van der Waals surface area contributed by atoms with Gasteiger partial charge in [-0.25, -0.2) is 8.42 Å². The minimum atomic E-state index is -3.32. The lowest BCUT2D eigenvalue weighted by Crippen LogP contribution is -2.43. The van der Waals surface area contributed by atoms with E-state index in [4.69, 9.17) is 0 Å². The van der Waals surface area contributed by atoms with Crippen molar-refractivity contribution in [2.45, 2.75) is 36.7 Å². The zero-order valence-electron chi connectivity index (χ0n) is 16.1. The molecule has 2 aromatic rings. The number of carbonyl (C=O) groups excluding carboxylic acids is 1. The molecule has 1 unspecified atom stereocenters. The summed E-state index contributed by atoms with van der Waals surface area (Å²) in [6.45, 7) is 2.92. The average Bonchev–Trinajstić information content (AvgIpc) is 2.66. The van der Waals surface area contributed by atoms with Crippen molar-refractivity contribution in [1.82, 2.24) is 10.6 Å². The SMILES string of the molecule is C[C@H]1C[C@@H](C(=O)NC(c2ccccc2)c2cccc(S(C)(=O)=O)c2)CCN1.Cl. The van der Waals surface area contributed by atoms with E-state index in [1.807, 2.05) is 36.4 Å². The lowest BCUT2D eigenvalue weighted by Gasteiger charge is -2.29. The third-order valence-corrected chi connectivity index (χ3v) is 6.14. The summed E-state index contributed by atoms with van der Waals surface area (Å²) in [6, 6.07) is 16.4. The van der Waals surface area contributed by atoms with Crippen molar-refractivity contribution in [3.8, 4) is 0 Å². The van der Waals surface area contributed by atoms with Crippen LogP contribution in [0.15, 0.2) is 59.5 Å². The van der Waals surface area contributed by atoms with Crippen LogP contribution in [0.2, 0.25) is 0 Å². The van der Waals surface area contributed by atoms with Crippen molar-refractivity contribution in [3.63, 3.8) is 0 Å². The Balaban J connectivity index is 0.00000280. The molecule has 152 valence electrons. The Bertz CT molecular complexity index is 903. The molecule has 3 rings (SSSR count). The maximum atomic E-state index is 12.9. The van der Waals surface area contributed by atoms with Gasteiger partial charge in [0.15, 0.2) is 9.84 Å². The second-order valence-corrected chi connectivity index (χ2v) is 9.29.